The van der Waals surface area contributed by atoms with Crippen molar-refractivity contribution >= 4 is 0 Å². The summed E-state index contributed by atoms with van der Waals surface area (Å²) in [4.78, 5) is 0. The van der Waals surface area contributed by atoms with Gasteiger partial charge >= 0.3 is 0 Å². The van der Waals surface area contributed by atoms with Crippen LogP contribution < -0.4 is 0 Å². The molecular formula is C48H82. The molecular weight excluding hydrogens is 577 g/mol. The Balaban J connectivity index is 1.26. The maximum atomic E-state index is 2.86. The smallest absolute Gasteiger partial charge is 0.0227 e. The Morgan fingerprint density at radius 1 is 0.521 bits per heavy atom. The molecule has 8 saturated carbocycles. The van der Waals surface area contributed by atoms with Gasteiger partial charge < -0.3 is 0 Å². The lowest BCUT2D eigenvalue weighted by Gasteiger charge is -2.59. The number of rotatable bonds is 7. The van der Waals surface area contributed by atoms with E-state index in [1.54, 1.807) is 96.3 Å². The highest BCUT2D eigenvalue weighted by Crippen LogP contribution is 2.79. The van der Waals surface area contributed by atoms with E-state index >= 15 is 0 Å². The van der Waals surface area contributed by atoms with E-state index in [1.807, 2.05) is 0 Å². The van der Waals surface area contributed by atoms with E-state index in [4.69, 9.17) is 0 Å². The van der Waals surface area contributed by atoms with Crippen molar-refractivity contribution in [1.29, 1.82) is 0 Å². The van der Waals surface area contributed by atoms with Crippen LogP contribution in [0.15, 0.2) is 0 Å². The van der Waals surface area contributed by atoms with Crippen molar-refractivity contribution in [2.45, 2.75) is 184 Å². The van der Waals surface area contributed by atoms with Crippen LogP contribution in [0.25, 0.3) is 0 Å². The van der Waals surface area contributed by atoms with Crippen molar-refractivity contribution < 1.29 is 0 Å². The fourth-order valence-electron chi connectivity index (χ4n) is 18.9. The van der Waals surface area contributed by atoms with Crippen LogP contribution in [0, 0.1) is 117 Å². The van der Waals surface area contributed by atoms with E-state index in [1.165, 1.54) is 32.1 Å². The monoisotopic (exact) mass is 659 g/mol. The summed E-state index contributed by atoms with van der Waals surface area (Å²) in [6.45, 7) is 21.3. The van der Waals surface area contributed by atoms with Gasteiger partial charge in [-0.05, 0) is 188 Å². The van der Waals surface area contributed by atoms with Crippen molar-refractivity contribution in [3.8, 4) is 0 Å². The molecule has 1 spiro atoms. The molecule has 0 nitrogen and oxygen atoms in total. The predicted molar refractivity (Wildman–Crippen MR) is 205 cm³/mol. The summed E-state index contributed by atoms with van der Waals surface area (Å²) in [6, 6.07) is 0. The van der Waals surface area contributed by atoms with Gasteiger partial charge in [0.2, 0.25) is 0 Å². The molecule has 0 amide bonds. The highest BCUT2D eigenvalue weighted by atomic mass is 14.8. The fraction of sp³-hybridized carbons (Fsp3) is 1.00. The summed E-state index contributed by atoms with van der Waals surface area (Å²) in [5, 5.41) is 0. The minimum Gasteiger partial charge on any atom is -0.0651 e. The molecule has 8 rings (SSSR count). The summed E-state index contributed by atoms with van der Waals surface area (Å²) < 4.78 is 0. The summed E-state index contributed by atoms with van der Waals surface area (Å²) in [6.07, 6.45) is 31.3. The Hall–Kier alpha value is 0. The molecule has 0 heteroatoms. The molecule has 0 aromatic heterocycles. The second kappa shape index (κ2) is 13.4. The first kappa shape index (κ1) is 35.1. The van der Waals surface area contributed by atoms with Crippen molar-refractivity contribution in [3.05, 3.63) is 0 Å². The first-order valence-corrected chi connectivity index (χ1v) is 23.2. The summed E-state index contributed by atoms with van der Waals surface area (Å²) >= 11 is 0. The quantitative estimate of drug-likeness (QED) is 0.255. The highest BCUT2D eigenvalue weighted by Gasteiger charge is 2.73. The van der Waals surface area contributed by atoms with Gasteiger partial charge in [0, 0.05) is 0 Å². The molecule has 274 valence electrons. The molecule has 48 heavy (non-hydrogen) atoms. The molecule has 0 heterocycles. The summed E-state index contributed by atoms with van der Waals surface area (Å²) in [5.41, 5.74) is 1.25. The zero-order chi connectivity index (χ0) is 33.5. The Bertz CT molecular complexity index is 1070. The van der Waals surface area contributed by atoms with Crippen LogP contribution in [-0.2, 0) is 0 Å². The second-order valence-corrected chi connectivity index (χ2v) is 21.7. The normalized spacial score (nSPS) is 50.9. The lowest BCUT2D eigenvalue weighted by atomic mass is 9.46. The predicted octanol–water partition coefficient (Wildman–Crippen LogP) is 14.1. The van der Waals surface area contributed by atoms with Crippen LogP contribution in [-0.4, -0.2) is 0 Å². The molecule has 0 bridgehead atoms. The Morgan fingerprint density at radius 2 is 1.08 bits per heavy atom. The van der Waals surface area contributed by atoms with Crippen LogP contribution in [0.1, 0.15) is 184 Å². The SMILES string of the molecule is CCC(CC)C1CC(C(CC)CC)CC2(C1)C1CCC3C(C4CCC5CCCCC5C4C3(C)C)C1C1CC(C(C)C)C3CCCCC3C12. The standard InChI is InChI=1S/C48H82/c1-9-30(10-2)33-25-34(31(11-3)12-4)28-48(27-33)42-24-23-41-43(38-22-21-32-17-13-14-18-35(32)45(38)47(41,7)8)44(42)40-26-39(29(5)6)36-19-15-16-20-37(36)46(40)48/h29-46H,9-28H2,1-8H3. The number of fused-ring (bicyclic) bond motifs is 13. The van der Waals surface area contributed by atoms with E-state index in [-0.39, 0.29) is 0 Å². The Morgan fingerprint density at radius 3 is 1.71 bits per heavy atom. The molecule has 8 aliphatic rings. The molecule has 0 aromatic carbocycles. The molecule has 15 unspecified atom stereocenters. The molecule has 8 fully saturated rings. The third-order valence-corrected chi connectivity index (χ3v) is 20.2. The molecule has 0 aromatic rings. The van der Waals surface area contributed by atoms with Gasteiger partial charge in [0.15, 0.2) is 0 Å². The maximum absolute atomic E-state index is 2.86. The third-order valence-electron chi connectivity index (χ3n) is 20.2. The van der Waals surface area contributed by atoms with E-state index in [0.717, 1.165) is 107 Å². The van der Waals surface area contributed by atoms with Gasteiger partial charge in [-0.1, -0.05) is 113 Å². The third kappa shape index (κ3) is 5.19. The lowest BCUT2D eigenvalue weighted by Crippen LogP contribution is -2.51. The van der Waals surface area contributed by atoms with Crippen LogP contribution in [0.5, 0.6) is 0 Å². The van der Waals surface area contributed by atoms with E-state index < -0.39 is 0 Å². The van der Waals surface area contributed by atoms with Crippen molar-refractivity contribution in [2.24, 2.45) is 117 Å². The van der Waals surface area contributed by atoms with Gasteiger partial charge in [-0.25, -0.2) is 0 Å². The zero-order valence-corrected chi connectivity index (χ0v) is 33.5. The molecule has 0 aliphatic heterocycles. The topological polar surface area (TPSA) is 0 Å². The molecule has 0 N–H and O–H groups in total. The Kier molecular flexibility index (Phi) is 9.82. The second-order valence-electron chi connectivity index (χ2n) is 21.7. The Labute approximate surface area is 300 Å². The average Bonchev–Trinajstić information content (AvgIpc) is 3.50. The average molecular weight is 659 g/mol. The molecule has 15 atom stereocenters. The lowest BCUT2D eigenvalue weighted by molar-refractivity contribution is -0.0979. The van der Waals surface area contributed by atoms with Crippen molar-refractivity contribution in [3.63, 3.8) is 0 Å². The van der Waals surface area contributed by atoms with E-state index in [9.17, 15) is 0 Å². The number of hydrogen-bond acceptors (Lipinski definition) is 0. The van der Waals surface area contributed by atoms with Crippen LogP contribution in [0.3, 0.4) is 0 Å². The first-order valence-electron chi connectivity index (χ1n) is 23.2. The largest absolute Gasteiger partial charge is 0.0651 e. The van der Waals surface area contributed by atoms with Crippen LogP contribution in [0.2, 0.25) is 0 Å². The van der Waals surface area contributed by atoms with Gasteiger partial charge in [-0.15, -0.1) is 0 Å². The maximum Gasteiger partial charge on any atom is -0.0227 e. The molecule has 0 radical (unpaired) electrons. The first-order chi connectivity index (χ1) is 23.2. The van der Waals surface area contributed by atoms with Gasteiger partial charge in [-0.2, -0.15) is 0 Å². The number of hydrogen-bond donors (Lipinski definition) is 0. The zero-order valence-electron chi connectivity index (χ0n) is 33.5. The van der Waals surface area contributed by atoms with Crippen LogP contribution >= 0.6 is 0 Å². The highest BCUT2D eigenvalue weighted by molar-refractivity contribution is 5.21. The molecule has 8 aliphatic carbocycles. The van der Waals surface area contributed by atoms with Gasteiger partial charge in [0.1, 0.15) is 0 Å². The molecule has 0 saturated heterocycles. The van der Waals surface area contributed by atoms with Gasteiger partial charge in [0.25, 0.3) is 0 Å². The summed E-state index contributed by atoms with van der Waals surface area (Å²) in [5.74, 6) is 18.6. The van der Waals surface area contributed by atoms with Crippen molar-refractivity contribution in [2.75, 3.05) is 0 Å². The fourth-order valence-corrected chi connectivity index (χ4v) is 18.9. The minimum atomic E-state index is 0.578. The van der Waals surface area contributed by atoms with Crippen molar-refractivity contribution in [1.82, 2.24) is 0 Å². The van der Waals surface area contributed by atoms with Gasteiger partial charge in [-0.3, -0.25) is 0 Å². The van der Waals surface area contributed by atoms with Crippen LogP contribution in [0.4, 0.5) is 0 Å². The van der Waals surface area contributed by atoms with Gasteiger partial charge in [0.05, 0.1) is 0 Å². The minimum absolute atomic E-state index is 0.578. The van der Waals surface area contributed by atoms with E-state index in [2.05, 4.69) is 55.4 Å². The summed E-state index contributed by atoms with van der Waals surface area (Å²) in [7, 11) is 0. The van der Waals surface area contributed by atoms with E-state index in [0.29, 0.717) is 10.8 Å².